The number of aliphatic carboxylic acids is 1. The van der Waals surface area contributed by atoms with Gasteiger partial charge in [0.25, 0.3) is 0 Å². The fourth-order valence-electron chi connectivity index (χ4n) is 3.57. The SMILES string of the molecule is O=C(O)C(Cc1ccccc1)Nc1nccc(-c2ccc(CCc3ccccc3)cc2)n1. The molecule has 0 aliphatic heterocycles. The Bertz CT molecular complexity index is 1150. The summed E-state index contributed by atoms with van der Waals surface area (Å²) >= 11 is 0. The molecule has 3 aromatic carbocycles. The molecular weight excluding hydrogens is 398 g/mol. The fourth-order valence-corrected chi connectivity index (χ4v) is 3.57. The number of benzene rings is 3. The average molecular weight is 424 g/mol. The lowest BCUT2D eigenvalue weighted by molar-refractivity contribution is -0.137. The van der Waals surface area contributed by atoms with E-state index in [0.717, 1.165) is 29.7 Å². The molecule has 0 saturated heterocycles. The second-order valence-electron chi connectivity index (χ2n) is 7.67. The molecular formula is C27H25N3O2. The van der Waals surface area contributed by atoms with Crippen molar-refractivity contribution in [1.82, 2.24) is 9.97 Å². The van der Waals surface area contributed by atoms with E-state index in [1.54, 1.807) is 6.20 Å². The minimum atomic E-state index is -0.939. The van der Waals surface area contributed by atoms with Gasteiger partial charge in [-0.2, -0.15) is 0 Å². The van der Waals surface area contributed by atoms with Gasteiger partial charge in [0.1, 0.15) is 6.04 Å². The van der Waals surface area contributed by atoms with Gasteiger partial charge in [0.2, 0.25) is 5.95 Å². The predicted molar refractivity (Wildman–Crippen MR) is 127 cm³/mol. The Balaban J connectivity index is 1.43. The molecule has 1 atom stereocenters. The van der Waals surface area contributed by atoms with Crippen molar-refractivity contribution in [3.8, 4) is 11.3 Å². The van der Waals surface area contributed by atoms with Gasteiger partial charge in [0.05, 0.1) is 5.69 Å². The summed E-state index contributed by atoms with van der Waals surface area (Å²) in [6.07, 6.45) is 3.97. The summed E-state index contributed by atoms with van der Waals surface area (Å²) in [4.78, 5) is 20.5. The van der Waals surface area contributed by atoms with Crippen LogP contribution >= 0.6 is 0 Å². The number of rotatable bonds is 9. The quantitative estimate of drug-likeness (QED) is 0.395. The molecule has 0 aliphatic carbocycles. The highest BCUT2D eigenvalue weighted by Crippen LogP contribution is 2.20. The number of carboxylic acids is 1. The molecule has 4 rings (SSSR count). The normalized spacial score (nSPS) is 11.6. The Morgan fingerprint density at radius 2 is 1.38 bits per heavy atom. The zero-order valence-electron chi connectivity index (χ0n) is 17.7. The van der Waals surface area contributed by atoms with Gasteiger partial charge in [0, 0.05) is 18.2 Å². The van der Waals surface area contributed by atoms with Gasteiger partial charge in [-0.3, -0.25) is 0 Å². The van der Waals surface area contributed by atoms with Gasteiger partial charge in [-0.15, -0.1) is 0 Å². The number of carbonyl (C=O) groups is 1. The van der Waals surface area contributed by atoms with E-state index in [0.29, 0.717) is 12.4 Å². The van der Waals surface area contributed by atoms with E-state index in [9.17, 15) is 9.90 Å². The Hall–Kier alpha value is -3.99. The molecule has 0 aliphatic rings. The zero-order valence-corrected chi connectivity index (χ0v) is 17.7. The third kappa shape index (κ3) is 5.79. The van der Waals surface area contributed by atoms with E-state index in [-0.39, 0.29) is 0 Å². The van der Waals surface area contributed by atoms with Crippen LogP contribution in [-0.2, 0) is 24.1 Å². The van der Waals surface area contributed by atoms with E-state index >= 15 is 0 Å². The van der Waals surface area contributed by atoms with E-state index in [4.69, 9.17) is 0 Å². The molecule has 5 heteroatoms. The van der Waals surface area contributed by atoms with Crippen LogP contribution in [-0.4, -0.2) is 27.1 Å². The topological polar surface area (TPSA) is 75.1 Å². The number of anilines is 1. The number of hydrogen-bond donors (Lipinski definition) is 2. The van der Waals surface area contributed by atoms with Gasteiger partial charge < -0.3 is 10.4 Å². The van der Waals surface area contributed by atoms with Crippen LogP contribution in [0.2, 0.25) is 0 Å². The molecule has 0 bridgehead atoms. The largest absolute Gasteiger partial charge is 0.480 e. The van der Waals surface area contributed by atoms with Gasteiger partial charge in [0.15, 0.2) is 0 Å². The van der Waals surface area contributed by atoms with Gasteiger partial charge in [-0.1, -0.05) is 84.9 Å². The van der Waals surface area contributed by atoms with E-state index < -0.39 is 12.0 Å². The molecule has 1 heterocycles. The maximum Gasteiger partial charge on any atom is 0.326 e. The summed E-state index contributed by atoms with van der Waals surface area (Å²) in [5.41, 5.74) is 5.25. The van der Waals surface area contributed by atoms with Crippen LogP contribution in [0.15, 0.2) is 97.2 Å². The highest BCUT2D eigenvalue weighted by molar-refractivity contribution is 5.77. The first-order chi connectivity index (χ1) is 15.7. The van der Waals surface area contributed by atoms with Crippen molar-refractivity contribution in [2.75, 3.05) is 5.32 Å². The molecule has 2 N–H and O–H groups in total. The monoisotopic (exact) mass is 423 g/mol. The first kappa shape index (κ1) is 21.2. The molecule has 32 heavy (non-hydrogen) atoms. The number of carboxylic acid groups (broad SMARTS) is 1. The predicted octanol–water partition coefficient (Wildman–Crippen LogP) is 5.04. The molecule has 1 unspecified atom stereocenters. The molecule has 160 valence electrons. The summed E-state index contributed by atoms with van der Waals surface area (Å²) in [5.74, 6) is -0.635. The second-order valence-corrected chi connectivity index (χ2v) is 7.67. The third-order valence-electron chi connectivity index (χ3n) is 5.33. The van der Waals surface area contributed by atoms with Crippen LogP contribution in [0.5, 0.6) is 0 Å². The van der Waals surface area contributed by atoms with E-state index in [2.05, 4.69) is 51.7 Å². The van der Waals surface area contributed by atoms with Crippen molar-refractivity contribution >= 4 is 11.9 Å². The number of hydrogen-bond acceptors (Lipinski definition) is 4. The minimum absolute atomic E-state index is 0.305. The van der Waals surface area contributed by atoms with Crippen LogP contribution in [0.1, 0.15) is 16.7 Å². The smallest absolute Gasteiger partial charge is 0.326 e. The molecule has 4 aromatic rings. The van der Waals surface area contributed by atoms with Crippen molar-refractivity contribution in [1.29, 1.82) is 0 Å². The van der Waals surface area contributed by atoms with E-state index in [1.165, 1.54) is 11.1 Å². The number of nitrogens with zero attached hydrogens (tertiary/aromatic N) is 2. The van der Waals surface area contributed by atoms with Gasteiger partial charge in [-0.05, 0) is 35.6 Å². The maximum atomic E-state index is 11.7. The molecule has 0 saturated carbocycles. The second kappa shape index (κ2) is 10.4. The molecule has 1 aromatic heterocycles. The Labute approximate surface area is 187 Å². The van der Waals surface area contributed by atoms with Crippen LogP contribution in [0, 0.1) is 0 Å². The lowest BCUT2D eigenvalue weighted by atomic mass is 10.0. The first-order valence-corrected chi connectivity index (χ1v) is 10.7. The average Bonchev–Trinajstić information content (AvgIpc) is 2.84. The Morgan fingerprint density at radius 1 is 0.781 bits per heavy atom. The van der Waals surface area contributed by atoms with Crippen molar-refractivity contribution in [2.45, 2.75) is 25.3 Å². The van der Waals surface area contributed by atoms with Crippen LogP contribution in [0.3, 0.4) is 0 Å². The van der Waals surface area contributed by atoms with Crippen molar-refractivity contribution in [3.63, 3.8) is 0 Å². The summed E-state index contributed by atoms with van der Waals surface area (Å²) in [6, 6.07) is 29.3. The van der Waals surface area contributed by atoms with Crippen molar-refractivity contribution in [3.05, 3.63) is 114 Å². The zero-order chi connectivity index (χ0) is 22.2. The van der Waals surface area contributed by atoms with Crippen molar-refractivity contribution in [2.24, 2.45) is 0 Å². The van der Waals surface area contributed by atoms with Crippen LogP contribution < -0.4 is 5.32 Å². The fraction of sp³-hybridized carbons (Fsp3) is 0.148. The van der Waals surface area contributed by atoms with Crippen LogP contribution in [0.25, 0.3) is 11.3 Å². The molecule has 0 spiro atoms. The standard InChI is InChI=1S/C27H25N3O2/c31-26(32)25(19-22-9-5-2-6-10-22)30-27-28-18-17-24(29-27)23-15-13-21(14-16-23)12-11-20-7-3-1-4-8-20/h1-10,13-18,25H,11-12,19H2,(H,31,32)(H,28,29,30). The van der Waals surface area contributed by atoms with Crippen molar-refractivity contribution < 1.29 is 9.90 Å². The molecule has 5 nitrogen and oxygen atoms in total. The van der Waals surface area contributed by atoms with E-state index in [1.807, 2.05) is 54.6 Å². The lowest BCUT2D eigenvalue weighted by Crippen LogP contribution is -2.32. The maximum absolute atomic E-state index is 11.7. The van der Waals surface area contributed by atoms with Crippen LogP contribution in [0.4, 0.5) is 5.95 Å². The Morgan fingerprint density at radius 3 is 2.00 bits per heavy atom. The molecule has 0 amide bonds. The Kier molecular flexibility index (Phi) is 6.88. The number of aryl methyl sites for hydroxylation is 2. The molecule has 0 fully saturated rings. The van der Waals surface area contributed by atoms with Gasteiger partial charge in [-0.25, -0.2) is 14.8 Å². The number of aromatic nitrogens is 2. The highest BCUT2D eigenvalue weighted by Gasteiger charge is 2.19. The first-order valence-electron chi connectivity index (χ1n) is 10.7. The summed E-state index contributed by atoms with van der Waals surface area (Å²) < 4.78 is 0. The lowest BCUT2D eigenvalue weighted by Gasteiger charge is -2.15. The summed E-state index contributed by atoms with van der Waals surface area (Å²) in [6.45, 7) is 0. The summed E-state index contributed by atoms with van der Waals surface area (Å²) in [7, 11) is 0. The van der Waals surface area contributed by atoms with Gasteiger partial charge >= 0.3 is 5.97 Å². The highest BCUT2D eigenvalue weighted by atomic mass is 16.4. The molecule has 0 radical (unpaired) electrons. The summed E-state index contributed by atoms with van der Waals surface area (Å²) in [5, 5.41) is 12.6. The third-order valence-corrected chi connectivity index (χ3v) is 5.33. The number of nitrogens with one attached hydrogen (secondary N) is 1. The minimum Gasteiger partial charge on any atom is -0.480 e.